The molecule has 0 bridgehead atoms. The molecule has 32 valence electrons. The molecular weight excluding hydrogens is 290 g/mol. The number of hydrogen-bond donors (Lipinski definition) is 0. The van der Waals surface area contributed by atoms with Crippen LogP contribution in [0, 0.1) is 0 Å². The van der Waals surface area contributed by atoms with Gasteiger partial charge in [0.25, 0.3) is 0 Å². The van der Waals surface area contributed by atoms with E-state index >= 15 is 0 Å². The summed E-state index contributed by atoms with van der Waals surface area (Å²) in [6.07, 6.45) is 0. The van der Waals surface area contributed by atoms with Crippen LogP contribution in [-0.4, -0.2) is 0 Å². The summed E-state index contributed by atoms with van der Waals surface area (Å²) >= 11 is 0. The molecule has 0 fully saturated rings. The van der Waals surface area contributed by atoms with Crippen molar-refractivity contribution >= 4 is 0 Å². The molecule has 0 aromatic rings. The molecule has 0 radical (unpaired) electrons. The zero-order valence-electron chi connectivity index (χ0n) is 2.66. The zero-order valence-corrected chi connectivity index (χ0v) is 7.67. The van der Waals surface area contributed by atoms with Crippen LogP contribution in [0.25, 0.3) is 0 Å². The van der Waals surface area contributed by atoms with Gasteiger partial charge in [0.2, 0.25) is 0 Å². The summed E-state index contributed by atoms with van der Waals surface area (Å²) in [5.41, 5.74) is 0. The fourth-order valence-corrected chi connectivity index (χ4v) is 0. The normalized spacial score (nSPS) is 0. The van der Waals surface area contributed by atoms with Gasteiger partial charge in [-0.25, -0.2) is 0 Å². The van der Waals surface area contributed by atoms with Crippen molar-refractivity contribution in [2.45, 2.75) is 0 Å². The minimum Gasteiger partial charge on any atom is -2.00 e. The van der Waals surface area contributed by atoms with Gasteiger partial charge in [-0.15, -0.1) is 0 Å². The quantitative estimate of drug-likeness (QED) is 0.573. The van der Waals surface area contributed by atoms with Crippen molar-refractivity contribution in [2.24, 2.45) is 0 Å². The molecule has 0 heterocycles. The molecule has 0 amide bonds. The summed E-state index contributed by atoms with van der Waals surface area (Å²) in [7, 11) is 0. The van der Waals surface area contributed by atoms with Crippen LogP contribution in [-0.2, 0) is 70.1 Å². The molecule has 0 N–H and O–H groups in total. The predicted octanol–water partition coefficient (Wildman–Crippen LogP) is -0.480. The predicted molar refractivity (Wildman–Crippen MR) is 2.75 cm³/mol. The first-order valence-corrected chi connectivity index (χ1v) is 0. The molecule has 0 aromatic heterocycles. The second kappa shape index (κ2) is 91.1. The average molecular weight is 290 g/mol. The molecule has 6 heteroatoms. The van der Waals surface area contributed by atoms with Gasteiger partial charge in [-0.05, 0) is 0 Å². The van der Waals surface area contributed by atoms with Crippen LogP contribution >= 0.6 is 0 Å². The van der Waals surface area contributed by atoms with Gasteiger partial charge in [-0.1, -0.05) is 0 Å². The Hall–Kier alpha value is 1.45. The van der Waals surface area contributed by atoms with Crippen molar-refractivity contribution in [3.63, 3.8) is 0 Å². The van der Waals surface area contributed by atoms with Gasteiger partial charge in [0, 0.05) is 0 Å². The molecule has 0 atom stereocenters. The van der Waals surface area contributed by atoms with E-state index in [4.69, 9.17) is 0 Å². The molecule has 0 unspecified atom stereocenters. The first kappa shape index (κ1) is 147. The van der Waals surface area contributed by atoms with Crippen molar-refractivity contribution in [3.05, 3.63) is 0 Å². The molecule has 0 saturated carbocycles. The molecule has 0 aliphatic heterocycles. The topological polar surface area (TPSA) is 114 Å². The van der Waals surface area contributed by atoms with Crippen LogP contribution in [0.1, 0.15) is 0 Å². The summed E-state index contributed by atoms with van der Waals surface area (Å²) < 4.78 is 0. The minimum atomic E-state index is 0. The summed E-state index contributed by atoms with van der Waals surface area (Å²) in [4.78, 5) is 0. The van der Waals surface area contributed by atoms with Gasteiger partial charge in [0.1, 0.15) is 0 Å². The SMILES string of the molecule is [O-2].[O-2].[O-2].[O-2].[Sc+3].[Ta+5]. The second-order valence-electron chi connectivity index (χ2n) is 0. The smallest absolute Gasteiger partial charge is 2.00 e. The largest absolute Gasteiger partial charge is 5.00 e. The van der Waals surface area contributed by atoms with E-state index < -0.39 is 0 Å². The van der Waals surface area contributed by atoms with Crippen LogP contribution in [0.4, 0.5) is 0 Å². The van der Waals surface area contributed by atoms with E-state index in [1.807, 2.05) is 0 Å². The van der Waals surface area contributed by atoms with E-state index in [2.05, 4.69) is 0 Å². The van der Waals surface area contributed by atoms with Crippen LogP contribution < -0.4 is 0 Å². The van der Waals surface area contributed by atoms with E-state index in [0.29, 0.717) is 0 Å². The Balaban J connectivity index is 0. The molecular formula is O4ScTa. The maximum absolute atomic E-state index is 0. The maximum Gasteiger partial charge on any atom is 5.00 e. The molecule has 0 spiro atoms. The molecule has 0 aliphatic rings. The van der Waals surface area contributed by atoms with Crippen molar-refractivity contribution in [1.29, 1.82) is 0 Å². The van der Waals surface area contributed by atoms with E-state index in [1.54, 1.807) is 0 Å². The summed E-state index contributed by atoms with van der Waals surface area (Å²) in [5.74, 6) is 0. The van der Waals surface area contributed by atoms with E-state index in [0.717, 1.165) is 0 Å². The van der Waals surface area contributed by atoms with Gasteiger partial charge in [0.05, 0.1) is 0 Å². The third kappa shape index (κ3) is 51.3. The van der Waals surface area contributed by atoms with Crippen LogP contribution in [0.5, 0.6) is 0 Å². The third-order valence-electron chi connectivity index (χ3n) is 0. The Kier molecular flexibility index (Phi) is 2240. The fourth-order valence-electron chi connectivity index (χ4n) is 0. The zero-order chi connectivity index (χ0) is 0. The fraction of sp³-hybridized carbons (Fsp3) is 0. The van der Waals surface area contributed by atoms with Crippen molar-refractivity contribution in [1.82, 2.24) is 0 Å². The summed E-state index contributed by atoms with van der Waals surface area (Å²) in [6, 6.07) is 0. The van der Waals surface area contributed by atoms with E-state index in [9.17, 15) is 0 Å². The number of rotatable bonds is 0. The summed E-state index contributed by atoms with van der Waals surface area (Å²) in [6.45, 7) is 0. The van der Waals surface area contributed by atoms with Gasteiger partial charge in [-0.3, -0.25) is 0 Å². The standard InChI is InChI=1S/4O.Sc.Ta/q4*-2;+3;+5. The average Bonchev–Trinajstić information content (AvgIpc) is 0. The molecule has 0 aliphatic carbocycles. The van der Waals surface area contributed by atoms with Gasteiger partial charge in [-0.2, -0.15) is 0 Å². The Morgan fingerprint density at radius 3 is 0.500 bits per heavy atom. The third-order valence-corrected chi connectivity index (χ3v) is 0. The Morgan fingerprint density at radius 2 is 0.500 bits per heavy atom. The van der Waals surface area contributed by atoms with Crippen LogP contribution in [0.15, 0.2) is 0 Å². The molecule has 6 heavy (non-hydrogen) atoms. The van der Waals surface area contributed by atoms with Crippen molar-refractivity contribution < 1.29 is 70.1 Å². The Morgan fingerprint density at radius 1 is 0.500 bits per heavy atom. The first-order valence-electron chi connectivity index (χ1n) is 0. The monoisotopic (exact) mass is 290 g/mol. The minimum absolute atomic E-state index is 0. The Labute approximate surface area is 69.8 Å². The molecule has 0 saturated heterocycles. The summed E-state index contributed by atoms with van der Waals surface area (Å²) in [5, 5.41) is 0. The number of hydrogen-bond acceptors (Lipinski definition) is 0. The van der Waals surface area contributed by atoms with Crippen molar-refractivity contribution in [2.75, 3.05) is 0 Å². The van der Waals surface area contributed by atoms with Crippen LogP contribution in [0.2, 0.25) is 0 Å². The van der Waals surface area contributed by atoms with E-state index in [-0.39, 0.29) is 70.1 Å². The van der Waals surface area contributed by atoms with Crippen molar-refractivity contribution in [3.8, 4) is 0 Å². The maximum atomic E-state index is 0. The Bertz CT molecular complexity index is 7.51. The van der Waals surface area contributed by atoms with Gasteiger partial charge < -0.3 is 21.9 Å². The second-order valence-corrected chi connectivity index (χ2v) is 0. The van der Waals surface area contributed by atoms with Crippen LogP contribution in [0.3, 0.4) is 0 Å². The molecule has 0 rings (SSSR count). The molecule has 4 nitrogen and oxygen atoms in total. The first-order chi connectivity index (χ1) is 0. The van der Waals surface area contributed by atoms with Gasteiger partial charge in [0.15, 0.2) is 0 Å². The molecule has 0 aromatic carbocycles. The van der Waals surface area contributed by atoms with E-state index in [1.165, 1.54) is 0 Å². The van der Waals surface area contributed by atoms with Gasteiger partial charge >= 0.3 is 48.2 Å².